The summed E-state index contributed by atoms with van der Waals surface area (Å²) in [4.78, 5) is 11.5. The van der Waals surface area contributed by atoms with Gasteiger partial charge in [0.1, 0.15) is 11.4 Å². The van der Waals surface area contributed by atoms with Gasteiger partial charge in [0.15, 0.2) is 0 Å². The number of benzene rings is 2. The molecule has 0 aliphatic rings. The van der Waals surface area contributed by atoms with Crippen molar-refractivity contribution in [3.63, 3.8) is 0 Å². The van der Waals surface area contributed by atoms with Crippen LogP contribution in [-0.2, 0) is 16.8 Å². The third-order valence-corrected chi connectivity index (χ3v) is 4.70. The molecule has 1 aromatic heterocycles. The average Bonchev–Trinajstić information content (AvgIpc) is 3.12. The van der Waals surface area contributed by atoms with Crippen LogP contribution in [0, 0.1) is 0 Å². The number of rotatable bonds is 7. The Kier molecular flexibility index (Phi) is 5.40. The first kappa shape index (κ1) is 18.2. The molecule has 3 N–H and O–H groups in total. The Morgan fingerprint density at radius 3 is 2.62 bits per heavy atom. The minimum absolute atomic E-state index is 0.0891. The van der Waals surface area contributed by atoms with Crippen LogP contribution in [0.25, 0.3) is 10.8 Å². The first-order valence-corrected chi connectivity index (χ1v) is 8.64. The molecule has 1 heterocycles. The molecule has 3 rings (SSSR count). The van der Waals surface area contributed by atoms with E-state index in [1.165, 1.54) is 7.11 Å². The van der Waals surface area contributed by atoms with E-state index < -0.39 is 5.60 Å². The monoisotopic (exact) mass is 353 g/mol. The lowest BCUT2D eigenvalue weighted by Gasteiger charge is -2.24. The maximum absolute atomic E-state index is 11.5. The number of aryl methyl sites for hydroxylation is 1. The third kappa shape index (κ3) is 3.64. The fraction of sp³-hybridized carbons (Fsp3) is 0.286. The Labute approximate surface area is 152 Å². The van der Waals surface area contributed by atoms with Gasteiger partial charge in [0.05, 0.1) is 18.9 Å². The van der Waals surface area contributed by atoms with Crippen molar-refractivity contribution in [2.24, 2.45) is 5.73 Å². The molecular weight excluding hydrogens is 330 g/mol. The van der Waals surface area contributed by atoms with Crippen LogP contribution in [0.15, 0.2) is 59.2 Å². The summed E-state index contributed by atoms with van der Waals surface area (Å²) in [5.74, 6) is 0.176. The molecule has 0 saturated heterocycles. The summed E-state index contributed by atoms with van der Waals surface area (Å²) in [6.45, 7) is 0.0891. The van der Waals surface area contributed by atoms with Gasteiger partial charge in [-0.25, -0.2) is 4.79 Å². The first-order valence-electron chi connectivity index (χ1n) is 8.64. The van der Waals surface area contributed by atoms with Gasteiger partial charge >= 0.3 is 5.97 Å². The standard InChI is InChI=1S/C21H23NO4/c1-25-20(23)16-10-8-15(9-11-16)5-4-12-21(24,14-22)19-18-7-3-2-6-17(18)13-26-19/h2-3,6-11,13,24H,4-5,12,14,22H2,1H3. The van der Waals surface area contributed by atoms with E-state index in [9.17, 15) is 9.90 Å². The van der Waals surface area contributed by atoms with Crippen molar-refractivity contribution in [3.05, 3.63) is 71.7 Å². The number of methoxy groups -OCH3 is 1. The number of hydrogen-bond acceptors (Lipinski definition) is 5. The Morgan fingerprint density at radius 2 is 1.92 bits per heavy atom. The number of fused-ring (bicyclic) bond motifs is 1. The quantitative estimate of drug-likeness (QED) is 0.636. The van der Waals surface area contributed by atoms with Gasteiger partial charge in [-0.3, -0.25) is 0 Å². The van der Waals surface area contributed by atoms with Crippen LogP contribution in [0.2, 0.25) is 0 Å². The van der Waals surface area contributed by atoms with Crippen molar-refractivity contribution in [2.75, 3.05) is 13.7 Å². The van der Waals surface area contributed by atoms with Gasteiger partial charge < -0.3 is 20.0 Å². The van der Waals surface area contributed by atoms with E-state index in [4.69, 9.17) is 14.9 Å². The number of esters is 1. The Balaban J connectivity index is 1.68. The van der Waals surface area contributed by atoms with Crippen molar-refractivity contribution in [3.8, 4) is 0 Å². The van der Waals surface area contributed by atoms with Gasteiger partial charge in [-0.2, -0.15) is 0 Å². The molecule has 1 atom stereocenters. The largest absolute Gasteiger partial charge is 0.465 e. The van der Waals surface area contributed by atoms with E-state index >= 15 is 0 Å². The van der Waals surface area contributed by atoms with Crippen molar-refractivity contribution < 1.29 is 19.1 Å². The lowest BCUT2D eigenvalue weighted by molar-refractivity contribution is 0.0149. The van der Waals surface area contributed by atoms with Gasteiger partial charge in [0, 0.05) is 17.3 Å². The molecule has 0 radical (unpaired) electrons. The van der Waals surface area contributed by atoms with E-state index in [2.05, 4.69) is 0 Å². The topological polar surface area (TPSA) is 85.7 Å². The average molecular weight is 353 g/mol. The molecule has 3 aromatic rings. The molecule has 1 unspecified atom stereocenters. The fourth-order valence-corrected chi connectivity index (χ4v) is 3.17. The number of furan rings is 1. The third-order valence-electron chi connectivity index (χ3n) is 4.70. The summed E-state index contributed by atoms with van der Waals surface area (Å²) in [5.41, 5.74) is 6.29. The van der Waals surface area contributed by atoms with Crippen molar-refractivity contribution in [1.29, 1.82) is 0 Å². The molecule has 0 aliphatic heterocycles. The molecule has 136 valence electrons. The fourth-order valence-electron chi connectivity index (χ4n) is 3.17. The van der Waals surface area contributed by atoms with E-state index in [1.54, 1.807) is 18.4 Å². The van der Waals surface area contributed by atoms with Crippen molar-refractivity contribution in [2.45, 2.75) is 24.9 Å². The lowest BCUT2D eigenvalue weighted by Crippen LogP contribution is -2.34. The van der Waals surface area contributed by atoms with Crippen LogP contribution in [-0.4, -0.2) is 24.7 Å². The Hall–Kier alpha value is -2.63. The minimum Gasteiger partial charge on any atom is -0.465 e. The number of aliphatic hydroxyl groups is 1. The molecule has 5 heteroatoms. The number of ether oxygens (including phenoxy) is 1. The molecule has 26 heavy (non-hydrogen) atoms. The molecule has 0 fully saturated rings. The number of carbonyl (C=O) groups is 1. The number of hydrogen-bond donors (Lipinski definition) is 2. The summed E-state index contributed by atoms with van der Waals surface area (Å²) < 4.78 is 10.3. The number of nitrogens with two attached hydrogens (primary N) is 1. The highest BCUT2D eigenvalue weighted by molar-refractivity contribution is 5.89. The van der Waals surface area contributed by atoms with E-state index in [0.717, 1.165) is 29.2 Å². The predicted octanol–water partition coefficient (Wildman–Crippen LogP) is 3.39. The van der Waals surface area contributed by atoms with Gasteiger partial charge in [-0.1, -0.05) is 36.4 Å². The summed E-state index contributed by atoms with van der Waals surface area (Å²) in [6, 6.07) is 15.0. The second kappa shape index (κ2) is 7.72. The minimum atomic E-state index is -1.20. The summed E-state index contributed by atoms with van der Waals surface area (Å²) >= 11 is 0. The lowest BCUT2D eigenvalue weighted by atomic mass is 9.90. The van der Waals surface area contributed by atoms with Gasteiger partial charge in [-0.05, 0) is 37.0 Å². The Bertz CT molecular complexity index is 884. The van der Waals surface area contributed by atoms with Crippen molar-refractivity contribution >= 4 is 16.7 Å². The Morgan fingerprint density at radius 1 is 1.19 bits per heavy atom. The maximum Gasteiger partial charge on any atom is 0.337 e. The SMILES string of the molecule is COC(=O)c1ccc(CCCC(O)(CN)c2occ3ccccc23)cc1. The normalized spacial score (nSPS) is 13.5. The number of carbonyl (C=O) groups excluding carboxylic acids is 1. The van der Waals surface area contributed by atoms with E-state index in [1.807, 2.05) is 36.4 Å². The maximum atomic E-state index is 11.5. The van der Waals surface area contributed by atoms with Crippen LogP contribution < -0.4 is 5.73 Å². The highest BCUT2D eigenvalue weighted by atomic mass is 16.5. The molecular formula is C21H23NO4. The van der Waals surface area contributed by atoms with Gasteiger partial charge in [0.25, 0.3) is 0 Å². The zero-order valence-corrected chi connectivity index (χ0v) is 14.8. The van der Waals surface area contributed by atoms with Gasteiger partial charge in [0.2, 0.25) is 0 Å². The van der Waals surface area contributed by atoms with Crippen molar-refractivity contribution in [1.82, 2.24) is 0 Å². The van der Waals surface area contributed by atoms with Crippen LogP contribution in [0.4, 0.5) is 0 Å². The molecule has 0 aliphatic carbocycles. The second-order valence-corrected chi connectivity index (χ2v) is 6.43. The highest BCUT2D eigenvalue weighted by Crippen LogP contribution is 2.33. The second-order valence-electron chi connectivity index (χ2n) is 6.43. The van der Waals surface area contributed by atoms with E-state index in [-0.39, 0.29) is 12.5 Å². The first-order chi connectivity index (χ1) is 12.6. The molecule has 0 saturated carbocycles. The molecule has 2 aromatic carbocycles. The summed E-state index contributed by atoms with van der Waals surface area (Å²) in [6.07, 6.45) is 3.64. The molecule has 5 nitrogen and oxygen atoms in total. The zero-order valence-electron chi connectivity index (χ0n) is 14.8. The summed E-state index contributed by atoms with van der Waals surface area (Å²) in [7, 11) is 1.36. The van der Waals surface area contributed by atoms with E-state index in [0.29, 0.717) is 17.7 Å². The zero-order chi connectivity index (χ0) is 18.6. The summed E-state index contributed by atoms with van der Waals surface area (Å²) in [5, 5.41) is 12.9. The molecule has 0 bridgehead atoms. The van der Waals surface area contributed by atoms with Crippen LogP contribution in [0.3, 0.4) is 0 Å². The predicted molar refractivity (Wildman–Crippen MR) is 99.9 cm³/mol. The molecule has 0 spiro atoms. The van der Waals surface area contributed by atoms with Crippen LogP contribution in [0.5, 0.6) is 0 Å². The van der Waals surface area contributed by atoms with Crippen LogP contribution >= 0.6 is 0 Å². The smallest absolute Gasteiger partial charge is 0.337 e. The highest BCUT2D eigenvalue weighted by Gasteiger charge is 2.32. The van der Waals surface area contributed by atoms with Gasteiger partial charge in [-0.15, -0.1) is 0 Å². The van der Waals surface area contributed by atoms with Crippen LogP contribution in [0.1, 0.15) is 34.5 Å². The molecule has 0 amide bonds.